The Balaban J connectivity index is 1.70. The van der Waals surface area contributed by atoms with Crippen molar-refractivity contribution in [3.05, 3.63) is 65.0 Å². The smallest absolute Gasteiger partial charge is 0.119 e. The highest BCUT2D eigenvalue weighted by atomic mass is 32.1. The van der Waals surface area contributed by atoms with Crippen LogP contribution in [-0.4, -0.2) is 0 Å². The predicted octanol–water partition coefficient (Wildman–Crippen LogP) is 5.99. The third-order valence-corrected chi connectivity index (χ3v) is 5.03. The maximum atomic E-state index is 5.93. The van der Waals surface area contributed by atoms with Gasteiger partial charge in [-0.25, -0.2) is 0 Å². The van der Waals surface area contributed by atoms with Gasteiger partial charge in [0.25, 0.3) is 0 Å². The first kappa shape index (κ1) is 14.2. The lowest BCUT2D eigenvalue weighted by Crippen LogP contribution is -1.95. The first-order valence-corrected chi connectivity index (χ1v) is 8.33. The summed E-state index contributed by atoms with van der Waals surface area (Å²) in [6.07, 6.45) is 1.17. The number of fused-ring (bicyclic) bond motifs is 1. The highest BCUT2D eigenvalue weighted by Crippen LogP contribution is 2.27. The minimum absolute atomic E-state index is 0.611. The lowest BCUT2D eigenvalue weighted by Gasteiger charge is -2.10. The molecule has 0 bridgehead atoms. The van der Waals surface area contributed by atoms with Crippen molar-refractivity contribution in [3.63, 3.8) is 0 Å². The summed E-state index contributed by atoms with van der Waals surface area (Å²) in [4.78, 5) is 0. The van der Waals surface area contributed by atoms with Gasteiger partial charge in [0.2, 0.25) is 0 Å². The van der Waals surface area contributed by atoms with Crippen LogP contribution in [-0.2, 0) is 6.61 Å². The Kier molecular flexibility index (Phi) is 4.26. The van der Waals surface area contributed by atoms with Crippen LogP contribution in [0.5, 0.6) is 5.75 Å². The van der Waals surface area contributed by atoms with E-state index in [1.807, 2.05) is 0 Å². The molecule has 0 saturated heterocycles. The molecule has 0 radical (unpaired) electrons. The molecule has 0 N–H and O–H groups in total. The molecular weight excluding hydrogens is 276 g/mol. The normalized spacial score (nSPS) is 12.5. The zero-order valence-electron chi connectivity index (χ0n) is 12.5. The van der Waals surface area contributed by atoms with Gasteiger partial charge in [-0.15, -0.1) is 11.3 Å². The number of ether oxygens (including phenoxy) is 1. The maximum absolute atomic E-state index is 5.93. The van der Waals surface area contributed by atoms with Crippen molar-refractivity contribution < 1.29 is 4.74 Å². The minimum Gasteiger partial charge on any atom is -0.489 e. The molecule has 108 valence electrons. The predicted molar refractivity (Wildman–Crippen MR) is 91.3 cm³/mol. The zero-order chi connectivity index (χ0) is 14.7. The van der Waals surface area contributed by atoms with Crippen molar-refractivity contribution in [3.8, 4) is 5.75 Å². The molecule has 1 aromatic heterocycles. The van der Waals surface area contributed by atoms with E-state index in [2.05, 4.69) is 67.8 Å². The van der Waals surface area contributed by atoms with Crippen LogP contribution in [0.15, 0.2) is 53.9 Å². The average molecular weight is 296 g/mol. The van der Waals surface area contributed by atoms with E-state index in [0.717, 1.165) is 5.75 Å². The van der Waals surface area contributed by atoms with Crippen LogP contribution >= 0.6 is 11.3 Å². The van der Waals surface area contributed by atoms with Crippen molar-refractivity contribution in [2.24, 2.45) is 0 Å². The number of hydrogen-bond acceptors (Lipinski definition) is 2. The largest absolute Gasteiger partial charge is 0.489 e. The summed E-state index contributed by atoms with van der Waals surface area (Å²) in [6, 6.07) is 17.0. The first-order chi connectivity index (χ1) is 10.3. The Bertz CT molecular complexity index is 712. The number of rotatable bonds is 5. The van der Waals surface area contributed by atoms with Gasteiger partial charge in [0.1, 0.15) is 12.4 Å². The molecule has 0 spiro atoms. The Hall–Kier alpha value is -1.80. The van der Waals surface area contributed by atoms with Crippen molar-refractivity contribution in [2.75, 3.05) is 0 Å². The minimum atomic E-state index is 0.611. The van der Waals surface area contributed by atoms with E-state index < -0.39 is 0 Å². The highest BCUT2D eigenvalue weighted by Gasteiger charge is 2.05. The van der Waals surface area contributed by atoms with Gasteiger partial charge < -0.3 is 4.74 Å². The molecule has 0 aliphatic carbocycles. The van der Waals surface area contributed by atoms with E-state index in [9.17, 15) is 0 Å². The fraction of sp³-hybridized carbons (Fsp3) is 0.263. The van der Waals surface area contributed by atoms with Crippen LogP contribution in [0.4, 0.5) is 0 Å². The first-order valence-electron chi connectivity index (χ1n) is 7.45. The van der Waals surface area contributed by atoms with Gasteiger partial charge in [0, 0.05) is 10.3 Å². The second kappa shape index (κ2) is 6.31. The molecule has 0 aliphatic heterocycles. The second-order valence-corrected chi connectivity index (χ2v) is 6.34. The molecule has 1 unspecified atom stereocenters. The topological polar surface area (TPSA) is 9.23 Å². The van der Waals surface area contributed by atoms with Crippen molar-refractivity contribution in [1.82, 2.24) is 0 Å². The summed E-state index contributed by atoms with van der Waals surface area (Å²) in [6.45, 7) is 5.11. The van der Waals surface area contributed by atoms with Crippen LogP contribution in [0.1, 0.15) is 37.3 Å². The van der Waals surface area contributed by atoms with E-state index in [4.69, 9.17) is 4.74 Å². The molecule has 21 heavy (non-hydrogen) atoms. The van der Waals surface area contributed by atoms with Crippen LogP contribution in [0.3, 0.4) is 0 Å². The second-order valence-electron chi connectivity index (χ2n) is 5.42. The fourth-order valence-electron chi connectivity index (χ4n) is 2.43. The van der Waals surface area contributed by atoms with Crippen LogP contribution in [0.25, 0.3) is 10.1 Å². The Labute approximate surface area is 130 Å². The average Bonchev–Trinajstić information content (AvgIpc) is 2.96. The fourth-order valence-corrected chi connectivity index (χ4v) is 3.38. The lowest BCUT2D eigenvalue weighted by atomic mass is 9.99. The molecule has 1 nitrogen and oxygen atoms in total. The van der Waals surface area contributed by atoms with Gasteiger partial charge in [0.15, 0.2) is 0 Å². The summed E-state index contributed by atoms with van der Waals surface area (Å²) in [5.41, 5.74) is 2.65. The molecule has 2 aromatic carbocycles. The Morgan fingerprint density at radius 3 is 2.57 bits per heavy atom. The third-order valence-electron chi connectivity index (χ3n) is 4.02. The van der Waals surface area contributed by atoms with Crippen molar-refractivity contribution in [2.45, 2.75) is 32.8 Å². The summed E-state index contributed by atoms with van der Waals surface area (Å²) in [5, 5.41) is 3.50. The van der Waals surface area contributed by atoms with Crippen LogP contribution in [0, 0.1) is 0 Å². The van der Waals surface area contributed by atoms with E-state index in [0.29, 0.717) is 12.5 Å². The van der Waals surface area contributed by atoms with E-state index in [1.165, 1.54) is 27.6 Å². The molecule has 3 aromatic rings. The number of hydrogen-bond donors (Lipinski definition) is 0. The third kappa shape index (κ3) is 3.11. The van der Waals surface area contributed by atoms with Gasteiger partial charge >= 0.3 is 0 Å². The van der Waals surface area contributed by atoms with Gasteiger partial charge in [0.05, 0.1) is 0 Å². The number of benzene rings is 2. The highest BCUT2D eigenvalue weighted by molar-refractivity contribution is 7.17. The Morgan fingerprint density at radius 1 is 1.05 bits per heavy atom. The molecular formula is C19H20OS. The quantitative estimate of drug-likeness (QED) is 0.561. The standard InChI is InChI=1S/C19H20OS/c1-3-14(2)15-8-10-17(11-9-15)20-12-16-13-21-19-7-5-4-6-18(16)19/h4-11,13-14H,3,12H2,1-2H3. The summed E-state index contributed by atoms with van der Waals surface area (Å²) in [5.74, 6) is 1.55. The van der Waals surface area contributed by atoms with Crippen molar-refractivity contribution in [1.29, 1.82) is 0 Å². The molecule has 3 rings (SSSR count). The van der Waals surface area contributed by atoms with Gasteiger partial charge in [-0.05, 0) is 46.9 Å². The zero-order valence-corrected chi connectivity index (χ0v) is 13.3. The van der Waals surface area contributed by atoms with Crippen LogP contribution in [0.2, 0.25) is 0 Å². The van der Waals surface area contributed by atoms with E-state index in [-0.39, 0.29) is 0 Å². The van der Waals surface area contributed by atoms with Gasteiger partial charge in [-0.2, -0.15) is 0 Å². The molecule has 0 amide bonds. The van der Waals surface area contributed by atoms with Crippen LogP contribution < -0.4 is 4.74 Å². The lowest BCUT2D eigenvalue weighted by molar-refractivity contribution is 0.308. The molecule has 0 aliphatic rings. The Morgan fingerprint density at radius 2 is 1.81 bits per heavy atom. The summed E-state index contributed by atoms with van der Waals surface area (Å²) >= 11 is 1.78. The monoisotopic (exact) mass is 296 g/mol. The molecule has 2 heteroatoms. The maximum Gasteiger partial charge on any atom is 0.119 e. The molecule has 1 heterocycles. The van der Waals surface area contributed by atoms with E-state index in [1.54, 1.807) is 11.3 Å². The SMILES string of the molecule is CCC(C)c1ccc(OCc2csc3ccccc23)cc1. The van der Waals surface area contributed by atoms with Gasteiger partial charge in [-0.1, -0.05) is 44.2 Å². The van der Waals surface area contributed by atoms with Gasteiger partial charge in [-0.3, -0.25) is 0 Å². The molecule has 0 fully saturated rings. The summed E-state index contributed by atoms with van der Waals surface area (Å²) < 4.78 is 7.26. The molecule has 0 saturated carbocycles. The summed E-state index contributed by atoms with van der Waals surface area (Å²) in [7, 11) is 0. The number of thiophene rings is 1. The van der Waals surface area contributed by atoms with E-state index >= 15 is 0 Å². The van der Waals surface area contributed by atoms with Crippen molar-refractivity contribution >= 4 is 21.4 Å². The molecule has 1 atom stereocenters.